The van der Waals surface area contributed by atoms with E-state index in [0.717, 1.165) is 10.8 Å². The molecular weight excluding hydrogens is 240 g/mol. The first-order valence-corrected chi connectivity index (χ1v) is 6.17. The van der Waals surface area contributed by atoms with Gasteiger partial charge in [0.05, 0.1) is 0 Å². The number of hydrogen-bond acceptors (Lipinski definition) is 2. The van der Waals surface area contributed by atoms with Gasteiger partial charge < -0.3 is 0 Å². The normalized spacial score (nSPS) is 10.5. The molecule has 2 N–H and O–H groups in total. The van der Waals surface area contributed by atoms with Gasteiger partial charge in [0.2, 0.25) is 5.91 Å². The van der Waals surface area contributed by atoms with Crippen molar-refractivity contribution >= 4 is 22.6 Å². The Hall–Kier alpha value is -2.36. The lowest BCUT2D eigenvalue weighted by Crippen LogP contribution is -2.43. The molecule has 0 bridgehead atoms. The average Bonchev–Trinajstić information content (AvgIpc) is 2.43. The first-order valence-electron chi connectivity index (χ1n) is 6.17. The maximum atomic E-state index is 12.1. The van der Waals surface area contributed by atoms with Crippen LogP contribution >= 0.6 is 0 Å². The fourth-order valence-corrected chi connectivity index (χ4v) is 1.75. The van der Waals surface area contributed by atoms with Crippen LogP contribution in [-0.4, -0.2) is 11.8 Å². The molecule has 2 aromatic carbocycles. The van der Waals surface area contributed by atoms with Crippen LogP contribution in [0.2, 0.25) is 0 Å². The maximum absolute atomic E-state index is 12.1. The van der Waals surface area contributed by atoms with Crippen LogP contribution < -0.4 is 10.9 Å². The van der Waals surface area contributed by atoms with E-state index >= 15 is 0 Å². The molecule has 0 aliphatic heterocycles. The predicted molar refractivity (Wildman–Crippen MR) is 74.4 cm³/mol. The number of fused-ring (bicyclic) bond motifs is 1. The Bertz CT molecular complexity index is 615. The molecule has 98 valence electrons. The van der Waals surface area contributed by atoms with E-state index in [-0.39, 0.29) is 17.7 Å². The monoisotopic (exact) mass is 256 g/mol. The van der Waals surface area contributed by atoms with Crippen LogP contribution in [0.25, 0.3) is 10.8 Å². The Morgan fingerprint density at radius 1 is 0.947 bits per heavy atom. The molecule has 0 aromatic heterocycles. The largest absolute Gasteiger partial charge is 0.273 e. The van der Waals surface area contributed by atoms with Gasteiger partial charge in [-0.1, -0.05) is 50.2 Å². The summed E-state index contributed by atoms with van der Waals surface area (Å²) in [6.07, 6.45) is 0. The summed E-state index contributed by atoms with van der Waals surface area (Å²) >= 11 is 0. The molecular formula is C15H16N2O2. The molecule has 0 heterocycles. The third kappa shape index (κ3) is 2.91. The van der Waals surface area contributed by atoms with E-state index in [1.165, 1.54) is 0 Å². The average molecular weight is 256 g/mol. The molecule has 0 unspecified atom stereocenters. The van der Waals surface area contributed by atoms with Crippen LogP contribution in [0, 0.1) is 5.92 Å². The first kappa shape index (κ1) is 13.1. The first-order chi connectivity index (χ1) is 9.09. The fraction of sp³-hybridized carbons (Fsp3) is 0.200. The molecule has 2 aromatic rings. The van der Waals surface area contributed by atoms with E-state index in [2.05, 4.69) is 10.9 Å². The SMILES string of the molecule is CC(C)C(=O)NNC(=O)c1cccc2ccccc12. The number of carbonyl (C=O) groups excluding carboxylic acids is 2. The topological polar surface area (TPSA) is 58.2 Å². The zero-order valence-electron chi connectivity index (χ0n) is 10.9. The minimum atomic E-state index is -0.314. The molecule has 0 aliphatic rings. The van der Waals surface area contributed by atoms with Gasteiger partial charge in [0.15, 0.2) is 0 Å². The van der Waals surface area contributed by atoms with Crippen molar-refractivity contribution in [2.75, 3.05) is 0 Å². The Balaban J connectivity index is 2.20. The Kier molecular flexibility index (Phi) is 3.80. The van der Waals surface area contributed by atoms with Gasteiger partial charge in [-0.25, -0.2) is 0 Å². The fourth-order valence-electron chi connectivity index (χ4n) is 1.75. The summed E-state index contributed by atoms with van der Waals surface area (Å²) in [6, 6.07) is 13.1. The molecule has 2 amide bonds. The zero-order chi connectivity index (χ0) is 13.8. The van der Waals surface area contributed by atoms with Gasteiger partial charge >= 0.3 is 0 Å². The van der Waals surface area contributed by atoms with Crippen LogP contribution in [0.5, 0.6) is 0 Å². The standard InChI is InChI=1S/C15H16N2O2/c1-10(2)14(18)16-17-15(19)13-9-5-7-11-6-3-4-8-12(11)13/h3-10H,1-2H3,(H,16,18)(H,17,19). The van der Waals surface area contributed by atoms with Crippen LogP contribution in [-0.2, 0) is 4.79 Å². The van der Waals surface area contributed by atoms with Gasteiger partial charge in [0, 0.05) is 11.5 Å². The van der Waals surface area contributed by atoms with Crippen molar-refractivity contribution in [3.05, 3.63) is 48.0 Å². The quantitative estimate of drug-likeness (QED) is 0.810. The highest BCUT2D eigenvalue weighted by Crippen LogP contribution is 2.18. The van der Waals surface area contributed by atoms with E-state index in [4.69, 9.17) is 0 Å². The summed E-state index contributed by atoms with van der Waals surface area (Å²) in [7, 11) is 0. The summed E-state index contributed by atoms with van der Waals surface area (Å²) in [6.45, 7) is 3.53. The lowest BCUT2D eigenvalue weighted by atomic mass is 10.0. The summed E-state index contributed by atoms with van der Waals surface area (Å²) in [4.78, 5) is 23.5. The second-order valence-electron chi connectivity index (χ2n) is 4.62. The Labute approximate surface area is 111 Å². The van der Waals surface area contributed by atoms with Crippen LogP contribution in [0.4, 0.5) is 0 Å². The van der Waals surface area contributed by atoms with E-state index in [9.17, 15) is 9.59 Å². The molecule has 4 nitrogen and oxygen atoms in total. The van der Waals surface area contributed by atoms with Gasteiger partial charge in [0.25, 0.3) is 5.91 Å². The smallest absolute Gasteiger partial charge is 0.270 e. The van der Waals surface area contributed by atoms with Gasteiger partial charge in [-0.15, -0.1) is 0 Å². The summed E-state index contributed by atoms with van der Waals surface area (Å²) in [5.41, 5.74) is 5.38. The van der Waals surface area contributed by atoms with Crippen molar-refractivity contribution in [1.82, 2.24) is 10.9 Å². The van der Waals surface area contributed by atoms with Crippen molar-refractivity contribution < 1.29 is 9.59 Å². The number of hydrazine groups is 1. The molecule has 0 aliphatic carbocycles. The lowest BCUT2D eigenvalue weighted by Gasteiger charge is -2.10. The van der Waals surface area contributed by atoms with Crippen molar-refractivity contribution in [2.45, 2.75) is 13.8 Å². The van der Waals surface area contributed by atoms with Crippen molar-refractivity contribution in [1.29, 1.82) is 0 Å². The van der Waals surface area contributed by atoms with Crippen LogP contribution in [0.1, 0.15) is 24.2 Å². The molecule has 0 atom stereocenters. The third-order valence-electron chi connectivity index (χ3n) is 2.86. The highest BCUT2D eigenvalue weighted by molar-refractivity contribution is 6.07. The summed E-state index contributed by atoms with van der Waals surface area (Å²) < 4.78 is 0. The number of carbonyl (C=O) groups is 2. The van der Waals surface area contributed by atoms with Crippen molar-refractivity contribution in [3.63, 3.8) is 0 Å². The second kappa shape index (κ2) is 5.52. The minimum absolute atomic E-state index is 0.173. The molecule has 0 radical (unpaired) electrons. The van der Waals surface area contributed by atoms with E-state index in [1.54, 1.807) is 19.9 Å². The molecule has 4 heteroatoms. The van der Waals surface area contributed by atoms with E-state index in [1.807, 2.05) is 36.4 Å². The van der Waals surface area contributed by atoms with Gasteiger partial charge in [-0.05, 0) is 16.8 Å². The molecule has 0 saturated carbocycles. The molecule has 2 rings (SSSR count). The van der Waals surface area contributed by atoms with Crippen LogP contribution in [0.3, 0.4) is 0 Å². The number of hydrogen-bond donors (Lipinski definition) is 2. The lowest BCUT2D eigenvalue weighted by molar-refractivity contribution is -0.124. The Morgan fingerprint density at radius 2 is 1.63 bits per heavy atom. The number of benzene rings is 2. The number of amides is 2. The summed E-state index contributed by atoms with van der Waals surface area (Å²) in [5.74, 6) is -0.702. The highest BCUT2D eigenvalue weighted by atomic mass is 16.2. The highest BCUT2D eigenvalue weighted by Gasteiger charge is 2.11. The molecule has 0 spiro atoms. The molecule has 19 heavy (non-hydrogen) atoms. The van der Waals surface area contributed by atoms with Crippen molar-refractivity contribution in [3.8, 4) is 0 Å². The van der Waals surface area contributed by atoms with Crippen LogP contribution in [0.15, 0.2) is 42.5 Å². The van der Waals surface area contributed by atoms with Gasteiger partial charge in [-0.2, -0.15) is 0 Å². The van der Waals surface area contributed by atoms with E-state index in [0.29, 0.717) is 5.56 Å². The zero-order valence-corrected chi connectivity index (χ0v) is 10.9. The van der Waals surface area contributed by atoms with Gasteiger partial charge in [0.1, 0.15) is 0 Å². The minimum Gasteiger partial charge on any atom is -0.273 e. The summed E-state index contributed by atoms with van der Waals surface area (Å²) in [5, 5.41) is 1.85. The van der Waals surface area contributed by atoms with E-state index < -0.39 is 0 Å². The van der Waals surface area contributed by atoms with Gasteiger partial charge in [-0.3, -0.25) is 20.4 Å². The van der Waals surface area contributed by atoms with Crippen molar-refractivity contribution in [2.24, 2.45) is 5.92 Å². The number of nitrogens with one attached hydrogen (secondary N) is 2. The number of rotatable bonds is 2. The predicted octanol–water partition coefficient (Wildman–Crippen LogP) is 2.26. The molecule has 0 saturated heterocycles. The maximum Gasteiger partial charge on any atom is 0.270 e. The third-order valence-corrected chi connectivity index (χ3v) is 2.86. The molecule has 0 fully saturated rings. The second-order valence-corrected chi connectivity index (χ2v) is 4.62. The Morgan fingerprint density at radius 3 is 2.37 bits per heavy atom.